The highest BCUT2D eigenvalue weighted by Crippen LogP contribution is 2.23. The summed E-state index contributed by atoms with van der Waals surface area (Å²) in [6.45, 7) is 2.10. The lowest BCUT2D eigenvalue weighted by Gasteiger charge is -2.03. The predicted molar refractivity (Wildman–Crippen MR) is 50.7 cm³/mol. The van der Waals surface area contributed by atoms with Crippen molar-refractivity contribution >= 4 is 5.91 Å². The Bertz CT molecular complexity index is 390. The Balaban J connectivity index is 3.05. The molecule has 0 aliphatic rings. The van der Waals surface area contributed by atoms with Gasteiger partial charge in [0.1, 0.15) is 11.3 Å². The zero-order valence-corrected chi connectivity index (χ0v) is 8.93. The summed E-state index contributed by atoms with van der Waals surface area (Å²) in [6.07, 6.45) is -2.34. The van der Waals surface area contributed by atoms with E-state index < -0.39 is 29.5 Å². The van der Waals surface area contributed by atoms with Crippen LogP contribution in [0.15, 0.2) is 0 Å². The van der Waals surface area contributed by atoms with Gasteiger partial charge in [0.25, 0.3) is 12.3 Å². The molecule has 0 saturated carbocycles. The van der Waals surface area contributed by atoms with E-state index >= 15 is 0 Å². The molecule has 16 heavy (non-hydrogen) atoms. The van der Waals surface area contributed by atoms with E-state index in [1.54, 1.807) is 6.92 Å². The predicted octanol–water partition coefficient (Wildman–Crippen LogP) is 1.64. The van der Waals surface area contributed by atoms with Crippen LogP contribution in [-0.2, 0) is 7.05 Å². The van der Waals surface area contributed by atoms with E-state index in [0.29, 0.717) is 17.6 Å². The molecule has 7 heteroatoms. The van der Waals surface area contributed by atoms with Crippen molar-refractivity contribution in [2.45, 2.75) is 19.8 Å². The molecule has 0 bridgehead atoms. The molecule has 0 unspecified atom stereocenters. The van der Waals surface area contributed by atoms with Crippen LogP contribution in [0.2, 0.25) is 0 Å². The highest BCUT2D eigenvalue weighted by atomic mass is 19.3. The second-order valence-corrected chi connectivity index (χ2v) is 3.23. The van der Waals surface area contributed by atoms with Crippen molar-refractivity contribution in [2.24, 2.45) is 7.05 Å². The number of aryl methyl sites for hydroxylation is 1. The Kier molecular flexibility index (Phi) is 3.92. The van der Waals surface area contributed by atoms with Crippen molar-refractivity contribution in [3.63, 3.8) is 0 Å². The quantitative estimate of drug-likeness (QED) is 0.862. The summed E-state index contributed by atoms with van der Waals surface area (Å²) in [6, 6.07) is 0. The van der Waals surface area contributed by atoms with Gasteiger partial charge in [-0.25, -0.2) is 13.5 Å². The normalized spacial score (nSPS) is 10.9. The number of hydrogen-bond donors (Lipinski definition) is 1. The number of hydrogen-bond acceptors (Lipinski definition) is 2. The Morgan fingerprint density at radius 3 is 2.69 bits per heavy atom. The first-order valence-corrected chi connectivity index (χ1v) is 4.77. The van der Waals surface area contributed by atoms with Crippen LogP contribution < -0.4 is 5.32 Å². The number of nitrogens with one attached hydrogen (secondary N) is 1. The fourth-order valence-electron chi connectivity index (χ4n) is 1.21. The van der Waals surface area contributed by atoms with Gasteiger partial charge in [0.2, 0.25) is 5.95 Å². The van der Waals surface area contributed by atoms with Gasteiger partial charge >= 0.3 is 0 Å². The number of amides is 1. The standard InChI is InChI=1S/C9H12F3N3O/c1-3-4-13-9(16)5-6(7(10)11)14-15(2)8(5)12/h7H,3-4H2,1-2H3,(H,13,16). The van der Waals surface area contributed by atoms with Crippen LogP contribution in [0.5, 0.6) is 0 Å². The molecule has 0 aromatic carbocycles. The molecule has 1 amide bonds. The highest BCUT2D eigenvalue weighted by Gasteiger charge is 2.27. The number of alkyl halides is 2. The van der Waals surface area contributed by atoms with E-state index in [1.165, 1.54) is 0 Å². The zero-order chi connectivity index (χ0) is 12.3. The van der Waals surface area contributed by atoms with Gasteiger partial charge in [0.05, 0.1) is 0 Å². The molecule has 90 valence electrons. The van der Waals surface area contributed by atoms with E-state index in [-0.39, 0.29) is 0 Å². The van der Waals surface area contributed by atoms with Gasteiger partial charge in [-0.05, 0) is 6.42 Å². The van der Waals surface area contributed by atoms with Gasteiger partial charge in [-0.1, -0.05) is 6.92 Å². The molecule has 0 fully saturated rings. The highest BCUT2D eigenvalue weighted by molar-refractivity contribution is 5.95. The van der Waals surface area contributed by atoms with Crippen LogP contribution in [0.1, 0.15) is 35.8 Å². The van der Waals surface area contributed by atoms with Crippen molar-refractivity contribution in [3.8, 4) is 0 Å². The number of carbonyl (C=O) groups excluding carboxylic acids is 1. The summed E-state index contributed by atoms with van der Waals surface area (Å²) in [4.78, 5) is 11.4. The van der Waals surface area contributed by atoms with E-state index in [9.17, 15) is 18.0 Å². The fraction of sp³-hybridized carbons (Fsp3) is 0.556. The van der Waals surface area contributed by atoms with Crippen LogP contribution in [0, 0.1) is 5.95 Å². The maximum atomic E-state index is 13.4. The number of aromatic nitrogens is 2. The maximum absolute atomic E-state index is 13.4. The second-order valence-electron chi connectivity index (χ2n) is 3.23. The van der Waals surface area contributed by atoms with Crippen LogP contribution in [0.25, 0.3) is 0 Å². The molecule has 1 aromatic heterocycles. The molecule has 0 radical (unpaired) electrons. The number of carbonyl (C=O) groups is 1. The Labute approximate surface area is 90.4 Å². The minimum absolute atomic E-state index is 0.301. The lowest BCUT2D eigenvalue weighted by molar-refractivity contribution is 0.0934. The molecule has 1 N–H and O–H groups in total. The van der Waals surface area contributed by atoms with Gasteiger partial charge in [-0.3, -0.25) is 4.79 Å². The van der Waals surface area contributed by atoms with Crippen LogP contribution in [0.3, 0.4) is 0 Å². The molecule has 0 saturated heterocycles. The fourth-order valence-corrected chi connectivity index (χ4v) is 1.21. The largest absolute Gasteiger partial charge is 0.352 e. The summed E-state index contributed by atoms with van der Waals surface area (Å²) in [5, 5.41) is 5.60. The van der Waals surface area contributed by atoms with Crippen molar-refractivity contribution < 1.29 is 18.0 Å². The monoisotopic (exact) mass is 235 g/mol. The first-order valence-electron chi connectivity index (χ1n) is 4.77. The average molecular weight is 235 g/mol. The molecule has 0 aliphatic carbocycles. The second kappa shape index (κ2) is 5.00. The van der Waals surface area contributed by atoms with Gasteiger partial charge in [-0.15, -0.1) is 0 Å². The summed E-state index contributed by atoms with van der Waals surface area (Å²) in [5.41, 5.74) is -1.50. The molecule has 0 spiro atoms. The maximum Gasteiger partial charge on any atom is 0.283 e. The third-order valence-electron chi connectivity index (χ3n) is 1.97. The first kappa shape index (κ1) is 12.5. The summed E-state index contributed by atoms with van der Waals surface area (Å²) in [7, 11) is 1.16. The van der Waals surface area contributed by atoms with Gasteiger partial charge in [0.15, 0.2) is 0 Å². The molecular weight excluding hydrogens is 223 g/mol. The molecule has 4 nitrogen and oxygen atoms in total. The van der Waals surface area contributed by atoms with Crippen molar-refractivity contribution in [1.29, 1.82) is 0 Å². The van der Waals surface area contributed by atoms with E-state index in [0.717, 1.165) is 7.05 Å². The summed E-state index contributed by atoms with van der Waals surface area (Å²) < 4.78 is 39.0. The van der Waals surface area contributed by atoms with Crippen LogP contribution >= 0.6 is 0 Å². The summed E-state index contributed by atoms with van der Waals surface area (Å²) in [5.74, 6) is -1.91. The lowest BCUT2D eigenvalue weighted by Crippen LogP contribution is -2.25. The first-order chi connectivity index (χ1) is 7.49. The third-order valence-corrected chi connectivity index (χ3v) is 1.97. The van der Waals surface area contributed by atoms with Crippen molar-refractivity contribution in [1.82, 2.24) is 15.1 Å². The minimum atomic E-state index is -2.97. The van der Waals surface area contributed by atoms with Gasteiger partial charge < -0.3 is 5.32 Å². The number of nitrogens with zero attached hydrogens (tertiary/aromatic N) is 2. The van der Waals surface area contributed by atoms with E-state index in [2.05, 4.69) is 10.4 Å². The van der Waals surface area contributed by atoms with Crippen molar-refractivity contribution in [3.05, 3.63) is 17.2 Å². The number of rotatable bonds is 4. The smallest absolute Gasteiger partial charge is 0.283 e. The molecule has 1 aromatic rings. The Morgan fingerprint density at radius 1 is 1.56 bits per heavy atom. The summed E-state index contributed by atoms with van der Waals surface area (Å²) >= 11 is 0. The molecular formula is C9H12F3N3O. The Morgan fingerprint density at radius 2 is 2.19 bits per heavy atom. The Hall–Kier alpha value is -1.53. The number of halogens is 3. The van der Waals surface area contributed by atoms with E-state index in [4.69, 9.17) is 0 Å². The topological polar surface area (TPSA) is 46.9 Å². The van der Waals surface area contributed by atoms with E-state index in [1.807, 2.05) is 0 Å². The average Bonchev–Trinajstić information content (AvgIpc) is 2.52. The lowest BCUT2D eigenvalue weighted by atomic mass is 10.2. The van der Waals surface area contributed by atoms with Gasteiger partial charge in [-0.2, -0.15) is 9.49 Å². The molecule has 0 atom stereocenters. The molecule has 0 aliphatic heterocycles. The van der Waals surface area contributed by atoms with Crippen LogP contribution in [-0.4, -0.2) is 22.2 Å². The van der Waals surface area contributed by atoms with Crippen molar-refractivity contribution in [2.75, 3.05) is 6.54 Å². The minimum Gasteiger partial charge on any atom is -0.352 e. The zero-order valence-electron chi connectivity index (χ0n) is 8.93. The SMILES string of the molecule is CCCNC(=O)c1c(C(F)F)nn(C)c1F. The molecule has 1 heterocycles. The van der Waals surface area contributed by atoms with Gasteiger partial charge in [0, 0.05) is 13.6 Å². The third kappa shape index (κ3) is 2.34. The van der Waals surface area contributed by atoms with Crippen LogP contribution in [0.4, 0.5) is 13.2 Å². The molecule has 1 rings (SSSR count).